The number of esters is 1. The Bertz CT molecular complexity index is 1170. The van der Waals surface area contributed by atoms with E-state index in [1.54, 1.807) is 0 Å². The van der Waals surface area contributed by atoms with Gasteiger partial charge in [0.2, 0.25) is 0 Å². The van der Waals surface area contributed by atoms with Gasteiger partial charge in [-0.05, 0) is 98.9 Å². The van der Waals surface area contributed by atoms with Gasteiger partial charge < -0.3 is 9.47 Å². The Balaban J connectivity index is 1.24. The van der Waals surface area contributed by atoms with Crippen molar-refractivity contribution in [2.75, 3.05) is 0 Å². The second-order valence-electron chi connectivity index (χ2n) is 11.6. The molecule has 0 N–H and O–H groups in total. The van der Waals surface area contributed by atoms with Crippen LogP contribution in [0.15, 0.2) is 99.6 Å². The fourth-order valence-electron chi connectivity index (χ4n) is 7.23. The van der Waals surface area contributed by atoms with Crippen molar-refractivity contribution in [1.82, 2.24) is 0 Å². The Morgan fingerprint density at radius 3 is 1.86 bits per heavy atom. The fourth-order valence-corrected chi connectivity index (χ4v) is 9.31. The molecule has 4 heteroatoms. The molecule has 4 bridgehead atoms. The van der Waals surface area contributed by atoms with E-state index in [9.17, 15) is 4.79 Å². The summed E-state index contributed by atoms with van der Waals surface area (Å²) in [6.07, 6.45) is 7.07. The predicted octanol–water partition coefficient (Wildman–Crippen LogP) is 7.84. The summed E-state index contributed by atoms with van der Waals surface area (Å²) in [5.74, 6) is 2.04. The van der Waals surface area contributed by atoms with Crippen LogP contribution in [0.4, 0.5) is 0 Å². The summed E-state index contributed by atoms with van der Waals surface area (Å²) in [4.78, 5) is 16.7. The summed E-state index contributed by atoms with van der Waals surface area (Å²) < 4.78 is 13.2. The molecule has 4 fully saturated rings. The van der Waals surface area contributed by atoms with Gasteiger partial charge in [0.25, 0.3) is 0 Å². The quantitative estimate of drug-likeness (QED) is 0.227. The molecule has 3 aromatic rings. The summed E-state index contributed by atoms with van der Waals surface area (Å²) in [6.45, 7) is 4.04. The third kappa shape index (κ3) is 4.93. The highest BCUT2D eigenvalue weighted by Gasteiger charge is 2.61. The molecule has 3 aromatic carbocycles. The van der Waals surface area contributed by atoms with Crippen molar-refractivity contribution in [3.05, 3.63) is 84.9 Å². The van der Waals surface area contributed by atoms with E-state index >= 15 is 0 Å². The standard InChI is InChI=1S/C33H37O3S/c1-3-24(2)31(34)36-33-21-25-18-26(22-33)20-32(19-25,23-33)35-27-14-16-30(17-15-27)37(28-10-6-4-7-11-28)29-12-8-5-9-13-29/h4-17,24-26H,3,18-23H2,1-2H3/q+1. The zero-order valence-electron chi connectivity index (χ0n) is 21.9. The molecule has 0 spiro atoms. The van der Waals surface area contributed by atoms with Crippen molar-refractivity contribution in [2.45, 2.75) is 84.7 Å². The lowest BCUT2D eigenvalue weighted by molar-refractivity contribution is -0.216. The van der Waals surface area contributed by atoms with E-state index in [1.807, 2.05) is 6.92 Å². The molecule has 0 saturated heterocycles. The first-order valence-corrected chi connectivity index (χ1v) is 15.1. The zero-order valence-corrected chi connectivity index (χ0v) is 22.7. The van der Waals surface area contributed by atoms with E-state index in [0.717, 1.165) is 44.3 Å². The van der Waals surface area contributed by atoms with Gasteiger partial charge in [0.1, 0.15) is 17.0 Å². The van der Waals surface area contributed by atoms with Crippen molar-refractivity contribution in [2.24, 2.45) is 17.8 Å². The van der Waals surface area contributed by atoms with Crippen LogP contribution >= 0.6 is 0 Å². The van der Waals surface area contributed by atoms with Gasteiger partial charge in [0.05, 0.1) is 16.8 Å². The van der Waals surface area contributed by atoms with E-state index in [0.29, 0.717) is 11.8 Å². The number of carbonyl (C=O) groups excluding carboxylic acids is 1. The minimum Gasteiger partial charge on any atom is -0.487 e. The normalized spacial score (nSPS) is 28.7. The van der Waals surface area contributed by atoms with Gasteiger partial charge in [0.15, 0.2) is 14.7 Å². The molecule has 192 valence electrons. The van der Waals surface area contributed by atoms with Gasteiger partial charge >= 0.3 is 5.97 Å². The Morgan fingerprint density at radius 1 is 0.811 bits per heavy atom. The van der Waals surface area contributed by atoms with Crippen LogP contribution in [0.25, 0.3) is 0 Å². The number of rotatable bonds is 8. The zero-order chi connectivity index (χ0) is 25.5. The molecule has 0 heterocycles. The molecule has 0 radical (unpaired) electrons. The lowest BCUT2D eigenvalue weighted by Crippen LogP contribution is -2.62. The van der Waals surface area contributed by atoms with Gasteiger partial charge in [0, 0.05) is 6.42 Å². The van der Waals surface area contributed by atoms with Gasteiger partial charge in [-0.1, -0.05) is 50.2 Å². The first-order valence-electron chi connectivity index (χ1n) is 13.8. The smallest absolute Gasteiger partial charge is 0.309 e. The second kappa shape index (κ2) is 9.87. The van der Waals surface area contributed by atoms with Gasteiger partial charge in [-0.15, -0.1) is 0 Å². The van der Waals surface area contributed by atoms with Crippen molar-refractivity contribution in [1.29, 1.82) is 0 Å². The molecule has 4 saturated carbocycles. The predicted molar refractivity (Wildman–Crippen MR) is 148 cm³/mol. The maximum atomic E-state index is 12.8. The van der Waals surface area contributed by atoms with Crippen LogP contribution in [0, 0.1) is 17.8 Å². The number of ether oxygens (including phenoxy) is 2. The molecule has 3 nitrogen and oxygen atoms in total. The molecular formula is C33H37O3S+. The maximum Gasteiger partial charge on any atom is 0.309 e. The maximum absolute atomic E-state index is 12.8. The molecular weight excluding hydrogens is 476 g/mol. The third-order valence-corrected chi connectivity index (χ3v) is 10.9. The minimum atomic E-state index is -0.336. The van der Waals surface area contributed by atoms with E-state index in [-0.39, 0.29) is 34.0 Å². The Hall–Kier alpha value is -2.72. The van der Waals surface area contributed by atoms with Gasteiger partial charge in [-0.2, -0.15) is 0 Å². The fraction of sp³-hybridized carbons (Fsp3) is 0.424. The molecule has 4 aliphatic carbocycles. The van der Waals surface area contributed by atoms with Crippen molar-refractivity contribution >= 4 is 16.9 Å². The van der Waals surface area contributed by atoms with Crippen molar-refractivity contribution in [3.8, 4) is 5.75 Å². The van der Waals surface area contributed by atoms with Crippen LogP contribution < -0.4 is 4.74 Å². The number of hydrogen-bond donors (Lipinski definition) is 0. The van der Waals surface area contributed by atoms with Crippen LogP contribution in [-0.4, -0.2) is 17.2 Å². The highest BCUT2D eigenvalue weighted by atomic mass is 32.2. The molecule has 3 atom stereocenters. The van der Waals surface area contributed by atoms with E-state index in [2.05, 4.69) is 91.9 Å². The third-order valence-electron chi connectivity index (χ3n) is 8.64. The topological polar surface area (TPSA) is 35.5 Å². The summed E-state index contributed by atoms with van der Waals surface area (Å²) in [6, 6.07) is 30.3. The van der Waals surface area contributed by atoms with Crippen LogP contribution in [0.1, 0.15) is 58.8 Å². The van der Waals surface area contributed by atoms with Crippen molar-refractivity contribution < 1.29 is 14.3 Å². The van der Waals surface area contributed by atoms with E-state index in [1.165, 1.54) is 21.1 Å². The summed E-state index contributed by atoms with van der Waals surface area (Å²) in [5.41, 5.74) is -0.556. The van der Waals surface area contributed by atoms with Crippen LogP contribution in [0.2, 0.25) is 0 Å². The second-order valence-corrected chi connectivity index (χ2v) is 13.6. The van der Waals surface area contributed by atoms with Gasteiger partial charge in [-0.3, -0.25) is 4.79 Å². The average molecular weight is 514 g/mol. The Morgan fingerprint density at radius 2 is 1.32 bits per heavy atom. The van der Waals surface area contributed by atoms with Crippen LogP contribution in [0.3, 0.4) is 0 Å². The average Bonchev–Trinajstić information content (AvgIpc) is 2.89. The van der Waals surface area contributed by atoms with Crippen molar-refractivity contribution in [3.63, 3.8) is 0 Å². The Labute approximate surface area is 223 Å². The molecule has 37 heavy (non-hydrogen) atoms. The molecule has 0 aromatic heterocycles. The lowest BCUT2D eigenvalue weighted by Gasteiger charge is -2.60. The number of benzene rings is 3. The SMILES string of the molecule is CCC(C)C(=O)OC12CC3CC(C1)CC(Oc1ccc([S+](c4ccccc4)c4ccccc4)cc1)(C3)C2. The Kier molecular flexibility index (Phi) is 6.56. The van der Waals surface area contributed by atoms with Crippen LogP contribution in [-0.2, 0) is 20.4 Å². The lowest BCUT2D eigenvalue weighted by atomic mass is 9.52. The number of carbonyl (C=O) groups is 1. The van der Waals surface area contributed by atoms with E-state index < -0.39 is 0 Å². The van der Waals surface area contributed by atoms with Gasteiger partial charge in [-0.25, -0.2) is 0 Å². The highest BCUT2D eigenvalue weighted by Crippen LogP contribution is 2.60. The largest absolute Gasteiger partial charge is 0.487 e. The molecule has 4 aliphatic rings. The monoisotopic (exact) mass is 513 g/mol. The molecule has 3 unspecified atom stereocenters. The summed E-state index contributed by atoms with van der Waals surface area (Å²) >= 11 is 0. The first kappa shape index (κ1) is 24.6. The number of hydrogen-bond acceptors (Lipinski definition) is 3. The molecule has 0 aliphatic heterocycles. The summed E-state index contributed by atoms with van der Waals surface area (Å²) in [7, 11) is -0.167. The van der Waals surface area contributed by atoms with E-state index in [4.69, 9.17) is 9.47 Å². The highest BCUT2D eigenvalue weighted by molar-refractivity contribution is 7.97. The summed E-state index contributed by atoms with van der Waals surface area (Å²) in [5, 5.41) is 0. The first-order chi connectivity index (χ1) is 18.0. The minimum absolute atomic E-state index is 0.0298. The van der Waals surface area contributed by atoms with Crippen LogP contribution in [0.5, 0.6) is 5.75 Å². The molecule has 7 rings (SSSR count). The molecule has 0 amide bonds.